The van der Waals surface area contributed by atoms with Crippen LogP contribution in [0.2, 0.25) is 5.02 Å². The van der Waals surface area contributed by atoms with Gasteiger partial charge in [0.05, 0.1) is 18.2 Å². The lowest BCUT2D eigenvalue weighted by molar-refractivity contribution is -0.136. The van der Waals surface area contributed by atoms with Crippen molar-refractivity contribution in [1.29, 1.82) is 0 Å². The summed E-state index contributed by atoms with van der Waals surface area (Å²) < 4.78 is 48.1. The number of aliphatic imine (C=N–C) groups is 1. The standard InChI is InChI=1S/C19H17ClFN5O4S2/c1-30-18(27)14-13-7-19(8-23-32(28,29)25-19)9-26(13)16(17-22-4-5-31-17)24-15(14)11-3-2-10(21)6-12(11)20/h2-6,15,23,25H,7-9H2,1H3/t15-,19?/m0/s1. The molecule has 1 spiro atoms. The first kappa shape index (κ1) is 21.5. The molecule has 1 unspecified atom stereocenters. The van der Waals surface area contributed by atoms with Gasteiger partial charge in [-0.2, -0.15) is 13.1 Å². The summed E-state index contributed by atoms with van der Waals surface area (Å²) >= 11 is 7.70. The van der Waals surface area contributed by atoms with Gasteiger partial charge in [-0.15, -0.1) is 11.3 Å². The van der Waals surface area contributed by atoms with Crippen molar-refractivity contribution in [1.82, 2.24) is 19.3 Å². The summed E-state index contributed by atoms with van der Waals surface area (Å²) in [4.78, 5) is 23.9. The van der Waals surface area contributed by atoms with E-state index in [0.29, 0.717) is 22.1 Å². The minimum absolute atomic E-state index is 0.114. The third-order valence-electron chi connectivity index (χ3n) is 5.62. The number of hydrogen-bond acceptors (Lipinski definition) is 8. The van der Waals surface area contributed by atoms with Crippen LogP contribution in [0.5, 0.6) is 0 Å². The number of fused-ring (bicyclic) bond motifs is 1. The summed E-state index contributed by atoms with van der Waals surface area (Å²) in [6.07, 6.45) is 1.86. The molecule has 2 N–H and O–H groups in total. The summed E-state index contributed by atoms with van der Waals surface area (Å²) in [6, 6.07) is 3.01. The number of esters is 1. The lowest BCUT2D eigenvalue weighted by Crippen LogP contribution is -2.47. The maximum absolute atomic E-state index is 13.7. The summed E-state index contributed by atoms with van der Waals surface area (Å²) in [7, 11) is -2.40. The third kappa shape index (κ3) is 3.52. The molecule has 0 amide bonds. The number of hydrogen-bond donors (Lipinski definition) is 2. The van der Waals surface area contributed by atoms with Crippen LogP contribution in [0.15, 0.2) is 46.0 Å². The fraction of sp³-hybridized carbons (Fsp3) is 0.316. The number of ether oxygens (including phenoxy) is 1. The van der Waals surface area contributed by atoms with Crippen LogP contribution in [0.25, 0.3) is 0 Å². The molecule has 0 aliphatic carbocycles. The van der Waals surface area contributed by atoms with Gasteiger partial charge in [0.2, 0.25) is 0 Å². The molecular weight excluding hydrogens is 481 g/mol. The van der Waals surface area contributed by atoms with E-state index in [1.54, 1.807) is 16.5 Å². The highest BCUT2D eigenvalue weighted by Crippen LogP contribution is 2.45. The average molecular weight is 498 g/mol. The van der Waals surface area contributed by atoms with E-state index < -0.39 is 33.6 Å². The first-order chi connectivity index (χ1) is 15.2. The van der Waals surface area contributed by atoms with Crippen molar-refractivity contribution in [2.45, 2.75) is 18.0 Å². The Balaban J connectivity index is 1.71. The van der Waals surface area contributed by atoms with Gasteiger partial charge in [-0.1, -0.05) is 17.7 Å². The van der Waals surface area contributed by atoms with E-state index in [9.17, 15) is 17.6 Å². The van der Waals surface area contributed by atoms with Crippen LogP contribution >= 0.6 is 22.9 Å². The molecule has 1 aromatic heterocycles. The molecule has 1 aromatic carbocycles. The molecule has 0 radical (unpaired) electrons. The maximum Gasteiger partial charge on any atom is 0.338 e. The fourth-order valence-corrected chi connectivity index (χ4v) is 6.53. The van der Waals surface area contributed by atoms with Gasteiger partial charge in [0.25, 0.3) is 10.2 Å². The number of nitrogens with one attached hydrogen (secondary N) is 2. The highest BCUT2D eigenvalue weighted by molar-refractivity contribution is 7.87. The Morgan fingerprint density at radius 1 is 1.44 bits per heavy atom. The second kappa shape index (κ2) is 7.59. The van der Waals surface area contributed by atoms with E-state index in [2.05, 4.69) is 14.4 Å². The summed E-state index contributed by atoms with van der Waals surface area (Å²) in [6.45, 7) is 0.397. The number of carbonyl (C=O) groups is 1. The molecule has 3 aliphatic rings. The smallest absolute Gasteiger partial charge is 0.338 e. The first-order valence-electron chi connectivity index (χ1n) is 9.52. The second-order valence-corrected chi connectivity index (χ2v) is 10.5. The molecular formula is C19H17ClFN5O4S2. The monoisotopic (exact) mass is 497 g/mol. The lowest BCUT2D eigenvalue weighted by Gasteiger charge is -2.31. The van der Waals surface area contributed by atoms with E-state index in [1.165, 1.54) is 30.6 Å². The average Bonchev–Trinajstić information content (AvgIpc) is 3.45. The number of nitrogens with zero attached hydrogens (tertiary/aromatic N) is 3. The molecule has 4 heterocycles. The zero-order valence-corrected chi connectivity index (χ0v) is 19.0. The lowest BCUT2D eigenvalue weighted by atomic mass is 9.92. The van der Waals surface area contributed by atoms with Gasteiger partial charge in [-0.05, 0) is 12.1 Å². The molecule has 168 valence electrons. The Hall–Kier alpha value is -2.38. The van der Waals surface area contributed by atoms with Gasteiger partial charge in [-0.25, -0.2) is 18.9 Å². The van der Waals surface area contributed by atoms with E-state index in [0.717, 1.165) is 6.07 Å². The van der Waals surface area contributed by atoms with Crippen molar-refractivity contribution in [3.8, 4) is 0 Å². The van der Waals surface area contributed by atoms with E-state index in [-0.39, 0.29) is 30.1 Å². The number of aromatic nitrogens is 1. The molecule has 2 saturated heterocycles. The van der Waals surface area contributed by atoms with Crippen LogP contribution in [0.3, 0.4) is 0 Å². The molecule has 5 rings (SSSR count). The number of thiazole rings is 1. The number of benzene rings is 1. The first-order valence-corrected chi connectivity index (χ1v) is 12.3. The molecule has 3 aliphatic heterocycles. The molecule has 0 saturated carbocycles. The van der Waals surface area contributed by atoms with Crippen LogP contribution in [0.4, 0.5) is 4.39 Å². The minimum Gasteiger partial charge on any atom is -0.466 e. The highest BCUT2D eigenvalue weighted by atomic mass is 35.5. The van der Waals surface area contributed by atoms with Gasteiger partial charge in [0, 0.05) is 47.4 Å². The molecule has 2 atom stereocenters. The number of rotatable bonds is 3. The largest absolute Gasteiger partial charge is 0.466 e. The number of amidine groups is 1. The minimum atomic E-state index is -3.65. The van der Waals surface area contributed by atoms with Crippen molar-refractivity contribution in [2.75, 3.05) is 20.2 Å². The highest BCUT2D eigenvalue weighted by Gasteiger charge is 2.53. The van der Waals surface area contributed by atoms with Crippen LogP contribution in [-0.4, -0.2) is 55.8 Å². The topological polar surface area (TPSA) is 113 Å². The van der Waals surface area contributed by atoms with E-state index in [1.807, 2.05) is 0 Å². The predicted molar refractivity (Wildman–Crippen MR) is 116 cm³/mol. The van der Waals surface area contributed by atoms with Crippen LogP contribution < -0.4 is 9.44 Å². The molecule has 0 bridgehead atoms. The van der Waals surface area contributed by atoms with Crippen molar-refractivity contribution in [2.24, 2.45) is 4.99 Å². The summed E-state index contributed by atoms with van der Waals surface area (Å²) in [5, 5.41) is 2.51. The van der Waals surface area contributed by atoms with Crippen LogP contribution in [-0.2, 0) is 19.7 Å². The SMILES string of the molecule is COC(=O)C1=C2CC3(CNS(=O)(=O)N3)CN2C(c2nccs2)=N[C@H]1c1ccc(F)cc1Cl. The van der Waals surface area contributed by atoms with E-state index in [4.69, 9.17) is 21.3 Å². The zero-order valence-electron chi connectivity index (χ0n) is 16.6. The number of methoxy groups -OCH3 is 1. The molecule has 2 aromatic rings. The maximum atomic E-state index is 13.7. The Kier molecular flexibility index (Phi) is 5.09. The van der Waals surface area contributed by atoms with Crippen molar-refractivity contribution >= 4 is 45.0 Å². The van der Waals surface area contributed by atoms with Gasteiger partial charge in [-0.3, -0.25) is 4.99 Å². The van der Waals surface area contributed by atoms with Crippen molar-refractivity contribution in [3.05, 3.63) is 62.5 Å². The normalized spacial score (nSPS) is 26.4. The van der Waals surface area contributed by atoms with E-state index >= 15 is 0 Å². The van der Waals surface area contributed by atoms with Crippen LogP contribution in [0, 0.1) is 5.82 Å². The van der Waals surface area contributed by atoms with Gasteiger partial charge in [0.15, 0.2) is 10.8 Å². The molecule has 9 nitrogen and oxygen atoms in total. The second-order valence-electron chi connectivity index (χ2n) is 7.68. The summed E-state index contributed by atoms with van der Waals surface area (Å²) in [5.74, 6) is -0.655. The molecule has 2 fully saturated rings. The van der Waals surface area contributed by atoms with Gasteiger partial charge in [0.1, 0.15) is 11.9 Å². The van der Waals surface area contributed by atoms with Crippen molar-refractivity contribution < 1.29 is 22.3 Å². The Bertz CT molecular complexity index is 1280. The van der Waals surface area contributed by atoms with Gasteiger partial charge < -0.3 is 9.64 Å². The number of carbonyl (C=O) groups excluding carboxylic acids is 1. The molecule has 32 heavy (non-hydrogen) atoms. The Labute approximate surface area is 192 Å². The van der Waals surface area contributed by atoms with Gasteiger partial charge >= 0.3 is 5.97 Å². The fourth-order valence-electron chi connectivity index (χ4n) is 4.30. The Morgan fingerprint density at radius 3 is 2.88 bits per heavy atom. The zero-order chi connectivity index (χ0) is 22.7. The predicted octanol–water partition coefficient (Wildman–Crippen LogP) is 1.75. The molecule has 13 heteroatoms. The number of halogens is 2. The third-order valence-corrected chi connectivity index (χ3v) is 7.94. The quantitative estimate of drug-likeness (QED) is 0.625. The van der Waals surface area contributed by atoms with Crippen LogP contribution in [0.1, 0.15) is 23.0 Å². The Morgan fingerprint density at radius 2 is 2.25 bits per heavy atom. The van der Waals surface area contributed by atoms with Crippen molar-refractivity contribution in [3.63, 3.8) is 0 Å². The summed E-state index contributed by atoms with van der Waals surface area (Å²) in [5.41, 5.74) is 0.353.